The quantitative estimate of drug-likeness (QED) is 0.391. The maximum Gasteiger partial charge on any atom is 0.338 e. The van der Waals surface area contributed by atoms with Crippen LogP contribution in [0.3, 0.4) is 0 Å². The Morgan fingerprint density at radius 3 is 2.30 bits per heavy atom. The van der Waals surface area contributed by atoms with Crippen molar-refractivity contribution in [2.24, 2.45) is 0 Å². The van der Waals surface area contributed by atoms with Gasteiger partial charge < -0.3 is 14.2 Å². The fourth-order valence-electron chi connectivity index (χ4n) is 3.30. The molecular formula is C24H23ClN2O6. The molecule has 0 saturated heterocycles. The maximum absolute atomic E-state index is 12.7. The Bertz CT molecular complexity index is 1200. The molecule has 3 rings (SSSR count). The monoisotopic (exact) mass is 470 g/mol. The van der Waals surface area contributed by atoms with Crippen molar-refractivity contribution in [3.63, 3.8) is 0 Å². The molecule has 9 heteroatoms. The van der Waals surface area contributed by atoms with Crippen LogP contribution in [0.4, 0.5) is 0 Å². The summed E-state index contributed by atoms with van der Waals surface area (Å²) in [5.41, 5.74) is 4.87. The number of ketones is 1. The molecule has 2 aromatic carbocycles. The zero-order chi connectivity index (χ0) is 24.1. The van der Waals surface area contributed by atoms with E-state index in [2.05, 4.69) is 5.43 Å². The number of esters is 1. The Labute approximate surface area is 196 Å². The summed E-state index contributed by atoms with van der Waals surface area (Å²) in [6.45, 7) is 2.97. The first kappa shape index (κ1) is 23.9. The van der Waals surface area contributed by atoms with Gasteiger partial charge in [-0.1, -0.05) is 29.8 Å². The fraction of sp³-hybridized carbons (Fsp3) is 0.208. The second kappa shape index (κ2) is 10.2. The third-order valence-corrected chi connectivity index (χ3v) is 5.27. The number of amides is 1. The summed E-state index contributed by atoms with van der Waals surface area (Å²) in [5, 5.41) is 0.174. The summed E-state index contributed by atoms with van der Waals surface area (Å²) in [5.74, 6) is -0.911. The van der Waals surface area contributed by atoms with E-state index in [0.29, 0.717) is 22.5 Å². The minimum absolute atomic E-state index is 0.117. The number of aryl methyl sites for hydroxylation is 1. The number of halogens is 1. The number of rotatable bonds is 8. The van der Waals surface area contributed by atoms with E-state index >= 15 is 0 Å². The van der Waals surface area contributed by atoms with Gasteiger partial charge in [0.1, 0.15) is 0 Å². The number of nitrogens with one attached hydrogen (secondary N) is 1. The van der Waals surface area contributed by atoms with Crippen LogP contribution in [0.5, 0.6) is 11.5 Å². The molecule has 0 atom stereocenters. The second-order valence-electron chi connectivity index (χ2n) is 7.12. The Morgan fingerprint density at radius 1 is 0.970 bits per heavy atom. The lowest BCUT2D eigenvalue weighted by molar-refractivity contribution is 0.0474. The van der Waals surface area contributed by atoms with Crippen molar-refractivity contribution in [2.45, 2.75) is 13.8 Å². The molecule has 0 unspecified atom stereocenters. The van der Waals surface area contributed by atoms with Gasteiger partial charge in [0.25, 0.3) is 5.91 Å². The van der Waals surface area contributed by atoms with Crippen LogP contribution >= 0.6 is 11.6 Å². The molecule has 1 heterocycles. The van der Waals surface area contributed by atoms with Crippen LogP contribution in [0.2, 0.25) is 5.02 Å². The third kappa shape index (κ3) is 5.18. The summed E-state index contributed by atoms with van der Waals surface area (Å²) in [7, 11) is 2.85. The molecule has 0 spiro atoms. The molecule has 0 bridgehead atoms. The van der Waals surface area contributed by atoms with Gasteiger partial charge in [0.2, 0.25) is 5.78 Å². The lowest BCUT2D eigenvalue weighted by Gasteiger charge is -2.12. The van der Waals surface area contributed by atoms with Crippen molar-refractivity contribution in [3.05, 3.63) is 81.6 Å². The summed E-state index contributed by atoms with van der Waals surface area (Å²) in [4.78, 5) is 37.7. The fourth-order valence-corrected chi connectivity index (χ4v) is 3.59. The molecule has 0 aliphatic carbocycles. The van der Waals surface area contributed by atoms with Gasteiger partial charge in [-0.3, -0.25) is 19.7 Å². The average molecular weight is 471 g/mol. The molecule has 3 aromatic rings. The van der Waals surface area contributed by atoms with E-state index in [-0.39, 0.29) is 28.0 Å². The van der Waals surface area contributed by atoms with Crippen LogP contribution < -0.4 is 14.9 Å². The van der Waals surface area contributed by atoms with Gasteiger partial charge in [-0.05, 0) is 44.2 Å². The molecular weight excluding hydrogens is 448 g/mol. The summed E-state index contributed by atoms with van der Waals surface area (Å²) in [6.07, 6.45) is 0. The molecule has 0 saturated carbocycles. The standard InChI is InChI=1S/C24H23ClN2O6/c1-14-10-18(15(2)27(14)26-23(29)16-8-6-5-7-9-16)20(28)13-33-24(30)17-11-19(25)22(32-4)21(12-17)31-3/h5-12H,13H2,1-4H3,(H,26,29). The largest absolute Gasteiger partial charge is 0.493 e. The van der Waals surface area contributed by atoms with Crippen molar-refractivity contribution in [3.8, 4) is 11.5 Å². The normalized spacial score (nSPS) is 10.5. The predicted octanol–water partition coefficient (Wildman–Crippen LogP) is 4.20. The van der Waals surface area contributed by atoms with Crippen LogP contribution in [-0.4, -0.2) is 43.2 Å². The number of Topliss-reactive ketones (excluding diaryl/α,β-unsaturated/α-hetero) is 1. The van der Waals surface area contributed by atoms with E-state index in [9.17, 15) is 14.4 Å². The Morgan fingerprint density at radius 2 is 1.67 bits per heavy atom. The van der Waals surface area contributed by atoms with Crippen molar-refractivity contribution in [2.75, 3.05) is 26.3 Å². The summed E-state index contributed by atoms with van der Waals surface area (Å²) in [6, 6.07) is 13.1. The number of carbonyl (C=O) groups excluding carboxylic acids is 3. The number of hydrogen-bond acceptors (Lipinski definition) is 6. The number of hydrogen-bond donors (Lipinski definition) is 1. The number of methoxy groups -OCH3 is 2. The van der Waals surface area contributed by atoms with Crippen LogP contribution in [0, 0.1) is 13.8 Å². The van der Waals surface area contributed by atoms with E-state index in [1.165, 1.54) is 31.0 Å². The van der Waals surface area contributed by atoms with E-state index in [1.807, 2.05) is 6.07 Å². The highest BCUT2D eigenvalue weighted by Gasteiger charge is 2.21. The molecule has 0 aliphatic heterocycles. The molecule has 0 radical (unpaired) electrons. The molecule has 8 nitrogen and oxygen atoms in total. The molecule has 1 amide bonds. The first-order valence-corrected chi connectivity index (χ1v) is 10.3. The van der Waals surface area contributed by atoms with Gasteiger partial charge in [0.15, 0.2) is 18.1 Å². The number of aromatic nitrogens is 1. The third-order valence-electron chi connectivity index (χ3n) is 4.98. The number of ether oxygens (including phenoxy) is 3. The number of benzene rings is 2. The first-order chi connectivity index (χ1) is 15.8. The minimum atomic E-state index is -0.739. The highest BCUT2D eigenvalue weighted by molar-refractivity contribution is 6.32. The summed E-state index contributed by atoms with van der Waals surface area (Å²) < 4.78 is 17.0. The molecule has 0 fully saturated rings. The molecule has 1 N–H and O–H groups in total. The van der Waals surface area contributed by atoms with Gasteiger partial charge in [-0.15, -0.1) is 0 Å². The highest BCUT2D eigenvalue weighted by Crippen LogP contribution is 2.36. The topological polar surface area (TPSA) is 95.9 Å². The van der Waals surface area contributed by atoms with Gasteiger partial charge in [-0.25, -0.2) is 4.79 Å². The number of nitrogens with zero attached hydrogens (tertiary/aromatic N) is 1. The second-order valence-corrected chi connectivity index (χ2v) is 7.53. The van der Waals surface area contributed by atoms with Gasteiger partial charge in [0.05, 0.1) is 24.8 Å². The lowest BCUT2D eigenvalue weighted by atomic mass is 10.1. The molecule has 1 aromatic heterocycles. The molecule has 172 valence electrons. The Hall–Kier alpha value is -3.78. The average Bonchev–Trinajstić information content (AvgIpc) is 3.10. The minimum Gasteiger partial charge on any atom is -0.493 e. The lowest BCUT2D eigenvalue weighted by Crippen LogP contribution is -2.25. The van der Waals surface area contributed by atoms with Crippen molar-refractivity contribution >= 4 is 29.3 Å². The van der Waals surface area contributed by atoms with Crippen LogP contribution in [0.15, 0.2) is 48.5 Å². The van der Waals surface area contributed by atoms with Gasteiger partial charge in [-0.2, -0.15) is 0 Å². The van der Waals surface area contributed by atoms with E-state index in [4.69, 9.17) is 25.8 Å². The maximum atomic E-state index is 12.7. The molecule has 0 aliphatic rings. The van der Waals surface area contributed by atoms with Gasteiger partial charge >= 0.3 is 5.97 Å². The van der Waals surface area contributed by atoms with Crippen LogP contribution in [0.1, 0.15) is 42.5 Å². The zero-order valence-corrected chi connectivity index (χ0v) is 19.4. The smallest absolute Gasteiger partial charge is 0.338 e. The van der Waals surface area contributed by atoms with Gasteiger partial charge in [0, 0.05) is 22.5 Å². The van der Waals surface area contributed by atoms with E-state index < -0.39 is 18.4 Å². The SMILES string of the molecule is COc1cc(C(=O)OCC(=O)c2cc(C)n(NC(=O)c3ccccc3)c2C)cc(Cl)c1OC. The number of carbonyl (C=O) groups is 3. The van der Waals surface area contributed by atoms with Crippen LogP contribution in [0.25, 0.3) is 0 Å². The first-order valence-electron chi connectivity index (χ1n) is 9.94. The van der Waals surface area contributed by atoms with Crippen molar-refractivity contribution in [1.29, 1.82) is 0 Å². The van der Waals surface area contributed by atoms with Crippen LogP contribution in [-0.2, 0) is 4.74 Å². The van der Waals surface area contributed by atoms with E-state index in [1.54, 1.807) is 44.2 Å². The zero-order valence-electron chi connectivity index (χ0n) is 18.6. The Kier molecular flexibility index (Phi) is 7.40. The highest BCUT2D eigenvalue weighted by atomic mass is 35.5. The predicted molar refractivity (Wildman–Crippen MR) is 123 cm³/mol. The van der Waals surface area contributed by atoms with Crippen molar-refractivity contribution < 1.29 is 28.6 Å². The van der Waals surface area contributed by atoms with E-state index in [0.717, 1.165) is 0 Å². The Balaban J connectivity index is 1.71. The van der Waals surface area contributed by atoms with Crippen molar-refractivity contribution in [1.82, 2.24) is 4.68 Å². The summed E-state index contributed by atoms with van der Waals surface area (Å²) >= 11 is 6.13. The molecule has 33 heavy (non-hydrogen) atoms.